The van der Waals surface area contributed by atoms with E-state index in [1.54, 1.807) is 0 Å². The minimum absolute atomic E-state index is 0.0747. The SMILES string of the molecule is COc1c(Br)cc(F)c(F)c1CC=O. The number of rotatable bonds is 3. The Morgan fingerprint density at radius 1 is 1.57 bits per heavy atom. The summed E-state index contributed by atoms with van der Waals surface area (Å²) in [5, 5.41) is 0. The van der Waals surface area contributed by atoms with Crippen molar-refractivity contribution in [3.05, 3.63) is 27.7 Å². The molecular weight excluding hydrogens is 258 g/mol. The number of aldehydes is 1. The zero-order valence-electron chi connectivity index (χ0n) is 7.31. The van der Waals surface area contributed by atoms with Crippen LogP contribution in [0.1, 0.15) is 5.56 Å². The lowest BCUT2D eigenvalue weighted by molar-refractivity contribution is -0.107. The van der Waals surface area contributed by atoms with Crippen LogP contribution in [-0.2, 0) is 11.2 Å². The summed E-state index contributed by atoms with van der Waals surface area (Å²) in [6.45, 7) is 0. The zero-order chi connectivity index (χ0) is 10.7. The Morgan fingerprint density at radius 3 is 2.71 bits per heavy atom. The van der Waals surface area contributed by atoms with Gasteiger partial charge in [0, 0.05) is 12.0 Å². The second kappa shape index (κ2) is 4.50. The molecule has 76 valence electrons. The molecule has 0 fully saturated rings. The fraction of sp³-hybridized carbons (Fsp3) is 0.222. The smallest absolute Gasteiger partial charge is 0.166 e. The van der Waals surface area contributed by atoms with Gasteiger partial charge in [0.15, 0.2) is 11.6 Å². The van der Waals surface area contributed by atoms with Gasteiger partial charge in [-0.1, -0.05) is 0 Å². The van der Waals surface area contributed by atoms with E-state index in [1.807, 2.05) is 0 Å². The standard InChI is InChI=1S/C9H7BrF2O2/c1-14-9-5(2-3-13)8(12)7(11)4-6(9)10/h3-4H,2H2,1H3. The Labute approximate surface area is 88.0 Å². The summed E-state index contributed by atoms with van der Waals surface area (Å²) in [5.74, 6) is -1.90. The number of benzene rings is 1. The van der Waals surface area contributed by atoms with Crippen LogP contribution in [0.3, 0.4) is 0 Å². The molecule has 0 N–H and O–H groups in total. The van der Waals surface area contributed by atoms with Gasteiger partial charge >= 0.3 is 0 Å². The van der Waals surface area contributed by atoms with Crippen LogP contribution >= 0.6 is 15.9 Å². The summed E-state index contributed by atoms with van der Waals surface area (Å²) in [5.41, 5.74) is -0.0747. The average molecular weight is 265 g/mol. The van der Waals surface area contributed by atoms with E-state index < -0.39 is 11.6 Å². The summed E-state index contributed by atoms with van der Waals surface area (Å²) in [4.78, 5) is 10.3. The summed E-state index contributed by atoms with van der Waals surface area (Å²) >= 11 is 3.01. The molecule has 5 heteroatoms. The normalized spacial score (nSPS) is 10.0. The molecule has 0 heterocycles. The van der Waals surface area contributed by atoms with Crippen LogP contribution < -0.4 is 4.74 Å². The zero-order valence-corrected chi connectivity index (χ0v) is 8.90. The van der Waals surface area contributed by atoms with Crippen LogP contribution in [0, 0.1) is 11.6 Å². The van der Waals surface area contributed by atoms with Gasteiger partial charge in [0.05, 0.1) is 11.6 Å². The Hall–Kier alpha value is -0.970. The van der Waals surface area contributed by atoms with E-state index in [9.17, 15) is 13.6 Å². The third kappa shape index (κ3) is 1.92. The predicted octanol–water partition coefficient (Wildman–Crippen LogP) is 2.48. The van der Waals surface area contributed by atoms with E-state index in [0.29, 0.717) is 6.29 Å². The molecule has 1 aromatic carbocycles. The molecule has 0 spiro atoms. The minimum atomic E-state index is -1.04. The van der Waals surface area contributed by atoms with Crippen molar-refractivity contribution in [2.45, 2.75) is 6.42 Å². The van der Waals surface area contributed by atoms with Crippen molar-refractivity contribution in [1.82, 2.24) is 0 Å². The van der Waals surface area contributed by atoms with E-state index >= 15 is 0 Å². The number of halogens is 3. The topological polar surface area (TPSA) is 26.3 Å². The molecule has 0 amide bonds. The fourth-order valence-corrected chi connectivity index (χ4v) is 1.72. The summed E-state index contributed by atoms with van der Waals surface area (Å²) < 4.78 is 31.2. The van der Waals surface area contributed by atoms with Crippen molar-refractivity contribution in [3.8, 4) is 5.75 Å². The summed E-state index contributed by atoms with van der Waals surface area (Å²) in [6, 6.07) is 0.961. The molecule has 1 rings (SSSR count). The van der Waals surface area contributed by atoms with E-state index in [4.69, 9.17) is 4.74 Å². The van der Waals surface area contributed by atoms with E-state index in [2.05, 4.69) is 15.9 Å². The third-order valence-corrected chi connectivity index (χ3v) is 2.30. The van der Waals surface area contributed by atoms with Gasteiger partial charge in [-0.2, -0.15) is 0 Å². The van der Waals surface area contributed by atoms with Gasteiger partial charge in [-0.05, 0) is 22.0 Å². The lowest BCUT2D eigenvalue weighted by Crippen LogP contribution is -2.01. The molecule has 2 nitrogen and oxygen atoms in total. The number of carbonyl (C=O) groups excluding carboxylic acids is 1. The lowest BCUT2D eigenvalue weighted by Gasteiger charge is -2.09. The molecule has 0 aromatic heterocycles. The van der Waals surface area contributed by atoms with Gasteiger partial charge < -0.3 is 9.53 Å². The quantitative estimate of drug-likeness (QED) is 0.620. The first kappa shape index (κ1) is 11.1. The van der Waals surface area contributed by atoms with Crippen molar-refractivity contribution in [2.75, 3.05) is 7.11 Å². The molecule has 1 aromatic rings. The van der Waals surface area contributed by atoms with Crippen LogP contribution in [0.5, 0.6) is 5.75 Å². The lowest BCUT2D eigenvalue weighted by atomic mass is 10.1. The molecule has 0 bridgehead atoms. The highest BCUT2D eigenvalue weighted by molar-refractivity contribution is 9.10. The van der Waals surface area contributed by atoms with Crippen LogP contribution in [0.15, 0.2) is 10.5 Å². The molecule has 0 radical (unpaired) electrons. The van der Waals surface area contributed by atoms with Gasteiger partial charge in [-0.25, -0.2) is 8.78 Å². The minimum Gasteiger partial charge on any atom is -0.495 e. The molecular formula is C9H7BrF2O2. The Bertz CT molecular complexity index is 366. The van der Waals surface area contributed by atoms with Gasteiger partial charge in [-0.3, -0.25) is 0 Å². The molecule has 0 aliphatic carbocycles. The van der Waals surface area contributed by atoms with Gasteiger partial charge in [0.25, 0.3) is 0 Å². The maximum atomic E-state index is 13.2. The van der Waals surface area contributed by atoms with E-state index in [1.165, 1.54) is 7.11 Å². The number of hydrogen-bond acceptors (Lipinski definition) is 2. The van der Waals surface area contributed by atoms with Crippen LogP contribution in [-0.4, -0.2) is 13.4 Å². The molecule has 0 saturated carbocycles. The molecule has 0 atom stereocenters. The maximum Gasteiger partial charge on any atom is 0.166 e. The second-order valence-corrected chi connectivity index (χ2v) is 3.39. The highest BCUT2D eigenvalue weighted by atomic mass is 79.9. The van der Waals surface area contributed by atoms with Crippen molar-refractivity contribution < 1.29 is 18.3 Å². The predicted molar refractivity (Wildman–Crippen MR) is 50.4 cm³/mol. The monoisotopic (exact) mass is 264 g/mol. The van der Waals surface area contributed by atoms with Gasteiger partial charge in [0.1, 0.15) is 12.0 Å². The first-order valence-electron chi connectivity index (χ1n) is 3.75. The molecule has 0 unspecified atom stereocenters. The highest BCUT2D eigenvalue weighted by Crippen LogP contribution is 2.32. The molecule has 14 heavy (non-hydrogen) atoms. The first-order valence-corrected chi connectivity index (χ1v) is 4.55. The summed E-state index contributed by atoms with van der Waals surface area (Å²) in [6.07, 6.45) is 0.276. The van der Waals surface area contributed by atoms with Crippen molar-refractivity contribution in [2.24, 2.45) is 0 Å². The average Bonchev–Trinajstić information content (AvgIpc) is 2.14. The molecule has 0 aliphatic rings. The van der Waals surface area contributed by atoms with E-state index in [0.717, 1.165) is 6.07 Å². The Morgan fingerprint density at radius 2 is 2.21 bits per heavy atom. The number of hydrogen-bond donors (Lipinski definition) is 0. The molecule has 0 aliphatic heterocycles. The number of ether oxygens (including phenoxy) is 1. The van der Waals surface area contributed by atoms with Crippen LogP contribution in [0.4, 0.5) is 8.78 Å². The fourth-order valence-electron chi connectivity index (χ4n) is 1.11. The maximum absolute atomic E-state index is 13.2. The summed E-state index contributed by atoms with van der Waals surface area (Å²) in [7, 11) is 1.33. The van der Waals surface area contributed by atoms with Crippen LogP contribution in [0.25, 0.3) is 0 Å². The highest BCUT2D eigenvalue weighted by Gasteiger charge is 2.17. The van der Waals surface area contributed by atoms with Crippen molar-refractivity contribution >= 4 is 22.2 Å². The number of methoxy groups -OCH3 is 1. The largest absolute Gasteiger partial charge is 0.495 e. The van der Waals surface area contributed by atoms with E-state index in [-0.39, 0.29) is 22.2 Å². The van der Waals surface area contributed by atoms with Crippen molar-refractivity contribution in [3.63, 3.8) is 0 Å². The number of carbonyl (C=O) groups is 1. The van der Waals surface area contributed by atoms with Gasteiger partial charge in [0.2, 0.25) is 0 Å². The van der Waals surface area contributed by atoms with Crippen molar-refractivity contribution in [1.29, 1.82) is 0 Å². The molecule has 0 saturated heterocycles. The van der Waals surface area contributed by atoms with Crippen LogP contribution in [0.2, 0.25) is 0 Å². The Balaban J connectivity index is 3.39. The third-order valence-electron chi connectivity index (χ3n) is 1.71. The van der Waals surface area contributed by atoms with Gasteiger partial charge in [-0.15, -0.1) is 0 Å². The first-order chi connectivity index (χ1) is 6.61. The second-order valence-electron chi connectivity index (χ2n) is 2.54. The Kier molecular flexibility index (Phi) is 3.57.